The van der Waals surface area contributed by atoms with E-state index >= 15 is 0 Å². The smallest absolute Gasteiger partial charge is 0.306 e. The Morgan fingerprint density at radius 2 is 1.08 bits per heavy atom. The van der Waals surface area contributed by atoms with Crippen LogP contribution in [0.3, 0.4) is 0 Å². The van der Waals surface area contributed by atoms with Crippen molar-refractivity contribution in [3.05, 3.63) is 60.8 Å². The van der Waals surface area contributed by atoms with Crippen molar-refractivity contribution < 1.29 is 42.1 Å². The molecule has 1 unspecified atom stereocenters. The van der Waals surface area contributed by atoms with E-state index in [4.69, 9.17) is 18.5 Å². The van der Waals surface area contributed by atoms with Gasteiger partial charge in [0.2, 0.25) is 0 Å². The Morgan fingerprint density at radius 1 is 0.604 bits per heavy atom. The van der Waals surface area contributed by atoms with Crippen LogP contribution in [0.4, 0.5) is 0 Å². The summed E-state index contributed by atoms with van der Waals surface area (Å²) in [4.78, 5) is 37.4. The predicted molar refractivity (Wildman–Crippen MR) is 217 cm³/mol. The first-order valence-corrected chi connectivity index (χ1v) is 22.0. The number of hydrogen-bond donors (Lipinski definition) is 0. The van der Waals surface area contributed by atoms with Crippen LogP contribution < -0.4 is 4.89 Å². The number of esters is 2. The molecule has 0 radical (unpaired) electrons. The lowest BCUT2D eigenvalue weighted by Gasteiger charge is -2.28. The van der Waals surface area contributed by atoms with Gasteiger partial charge in [0.1, 0.15) is 19.8 Å². The third kappa shape index (κ3) is 39.2. The van der Waals surface area contributed by atoms with Gasteiger partial charge in [0.05, 0.1) is 27.7 Å². The Hall–Kier alpha value is -2.29. The van der Waals surface area contributed by atoms with Gasteiger partial charge < -0.3 is 27.9 Å². The van der Waals surface area contributed by atoms with E-state index in [0.717, 1.165) is 51.4 Å². The molecule has 0 saturated carbocycles. The molecule has 306 valence electrons. The van der Waals surface area contributed by atoms with Crippen LogP contribution in [0.15, 0.2) is 60.8 Å². The summed E-state index contributed by atoms with van der Waals surface area (Å²) in [5, 5.41) is 0. The molecule has 0 aliphatic heterocycles. The van der Waals surface area contributed by atoms with Crippen molar-refractivity contribution in [1.29, 1.82) is 0 Å². The second-order valence-electron chi connectivity index (χ2n) is 14.6. The van der Waals surface area contributed by atoms with E-state index in [1.807, 2.05) is 27.2 Å². The fourth-order valence-electron chi connectivity index (χ4n) is 5.10. The second-order valence-corrected chi connectivity index (χ2v) is 16.0. The number of allylic oxidation sites excluding steroid dienone is 10. The first-order chi connectivity index (χ1) is 25.5. The largest absolute Gasteiger partial charge is 0.756 e. The van der Waals surface area contributed by atoms with Crippen LogP contribution in [-0.2, 0) is 32.7 Å². The maximum Gasteiger partial charge on any atom is 0.306 e. The quantitative estimate of drug-likeness (QED) is 0.0204. The Bertz CT molecular complexity index is 1090. The van der Waals surface area contributed by atoms with Crippen molar-refractivity contribution in [3.8, 4) is 0 Å². The third-order valence-corrected chi connectivity index (χ3v) is 9.27. The molecule has 2 atom stereocenters. The summed E-state index contributed by atoms with van der Waals surface area (Å²) in [6, 6.07) is 0. The first-order valence-electron chi connectivity index (χ1n) is 20.5. The molecule has 53 heavy (non-hydrogen) atoms. The first kappa shape index (κ1) is 50.7. The van der Waals surface area contributed by atoms with Gasteiger partial charge in [-0.1, -0.05) is 145 Å². The fourth-order valence-corrected chi connectivity index (χ4v) is 5.83. The van der Waals surface area contributed by atoms with E-state index in [-0.39, 0.29) is 26.1 Å². The van der Waals surface area contributed by atoms with E-state index in [1.54, 1.807) is 0 Å². The maximum atomic E-state index is 12.6. The van der Waals surface area contributed by atoms with Gasteiger partial charge in [-0.15, -0.1) is 0 Å². The minimum Gasteiger partial charge on any atom is -0.756 e. The number of likely N-dealkylation sites (N-methyl/N-ethyl adjacent to an activating group) is 1. The van der Waals surface area contributed by atoms with Crippen molar-refractivity contribution in [2.45, 2.75) is 155 Å². The zero-order chi connectivity index (χ0) is 39.3. The van der Waals surface area contributed by atoms with Crippen molar-refractivity contribution in [3.63, 3.8) is 0 Å². The predicted octanol–water partition coefficient (Wildman–Crippen LogP) is 10.7. The van der Waals surface area contributed by atoms with Crippen molar-refractivity contribution >= 4 is 19.8 Å². The molecule has 0 amide bonds. The highest BCUT2D eigenvalue weighted by Crippen LogP contribution is 2.38. The molecule has 0 aromatic heterocycles. The molecule has 0 aliphatic carbocycles. The summed E-state index contributed by atoms with van der Waals surface area (Å²) in [5.74, 6) is -0.907. The number of ether oxygens (including phenoxy) is 2. The minimum absolute atomic E-state index is 0.0431. The highest BCUT2D eigenvalue weighted by molar-refractivity contribution is 7.45. The van der Waals surface area contributed by atoms with Gasteiger partial charge in [-0.3, -0.25) is 14.2 Å². The van der Waals surface area contributed by atoms with Crippen molar-refractivity contribution in [1.82, 2.24) is 0 Å². The fraction of sp³-hybridized carbons (Fsp3) is 0.721. The second kappa shape index (κ2) is 35.4. The number of unbranched alkanes of at least 4 members (excludes halogenated alkanes) is 12. The van der Waals surface area contributed by atoms with Crippen molar-refractivity contribution in [2.24, 2.45) is 0 Å². The molecule has 10 heteroatoms. The Kier molecular flexibility index (Phi) is 33.9. The topological polar surface area (TPSA) is 111 Å². The van der Waals surface area contributed by atoms with Crippen molar-refractivity contribution in [2.75, 3.05) is 47.5 Å². The molecule has 0 bridgehead atoms. The van der Waals surface area contributed by atoms with Crippen LogP contribution in [0, 0.1) is 0 Å². The molecular formula is C43H76NO8P. The Morgan fingerprint density at radius 3 is 1.58 bits per heavy atom. The van der Waals surface area contributed by atoms with Gasteiger partial charge in [0.15, 0.2) is 6.10 Å². The van der Waals surface area contributed by atoms with Gasteiger partial charge in [-0.25, -0.2) is 0 Å². The summed E-state index contributed by atoms with van der Waals surface area (Å²) in [6.45, 7) is 4.02. The molecule has 0 spiro atoms. The van der Waals surface area contributed by atoms with Gasteiger partial charge in [0, 0.05) is 12.8 Å². The number of hydrogen-bond acceptors (Lipinski definition) is 8. The number of nitrogens with zero attached hydrogens (tertiary/aromatic N) is 1. The van der Waals surface area contributed by atoms with E-state index < -0.39 is 32.5 Å². The average molecular weight is 766 g/mol. The molecule has 9 nitrogen and oxygen atoms in total. The average Bonchev–Trinajstić information content (AvgIpc) is 3.10. The molecule has 0 aliphatic rings. The number of carbonyl (C=O) groups excluding carboxylic acids is 2. The number of phosphoric ester groups is 1. The lowest BCUT2D eigenvalue weighted by atomic mass is 10.0. The number of rotatable bonds is 36. The van der Waals surface area contributed by atoms with E-state index in [2.05, 4.69) is 68.5 Å². The van der Waals surface area contributed by atoms with Gasteiger partial charge >= 0.3 is 11.9 Å². The summed E-state index contributed by atoms with van der Waals surface area (Å²) >= 11 is 0. The highest BCUT2D eigenvalue weighted by atomic mass is 31.2. The number of carbonyl (C=O) groups is 2. The molecule has 0 saturated heterocycles. The van der Waals surface area contributed by atoms with E-state index in [1.165, 1.54) is 57.8 Å². The lowest BCUT2D eigenvalue weighted by Crippen LogP contribution is -2.37. The standard InChI is InChI=1S/C43H76NO8P/c1-6-8-10-12-14-16-18-20-21-22-23-24-26-28-30-32-34-36-43(46)52-41(40-51-53(47,48)50-38-37-44(3,4)5)39-49-42(45)35-33-31-29-27-25-19-17-15-13-11-9-7-2/h8,10,14,16,20-21,23-24,28,30,41H,6-7,9,11-13,15,17-19,22,25-27,29,31-40H2,1-5H3/b10-8+,16-14+,21-20+,24-23+,30-28+/t41-/m1/s1. The molecular weight excluding hydrogens is 689 g/mol. The molecule has 0 aromatic rings. The molecule has 0 N–H and O–H groups in total. The van der Waals surface area contributed by atoms with E-state index in [0.29, 0.717) is 23.9 Å². The highest BCUT2D eigenvalue weighted by Gasteiger charge is 2.21. The SMILES string of the molecule is CC/C=C/C/C=C/C/C=C/C/C=C/C/C=C/CCCC(=O)O[C@H](COC(=O)CCCCCCCCCCCCCC)COP(=O)([O-])OCC[N+](C)(C)C. The molecule has 0 heterocycles. The monoisotopic (exact) mass is 766 g/mol. The maximum absolute atomic E-state index is 12.6. The van der Waals surface area contributed by atoms with Crippen LogP contribution in [0.25, 0.3) is 0 Å². The van der Waals surface area contributed by atoms with E-state index in [9.17, 15) is 19.0 Å². The zero-order valence-corrected chi connectivity index (χ0v) is 35.1. The summed E-state index contributed by atoms with van der Waals surface area (Å²) in [6.07, 6.45) is 41.1. The van der Waals surface area contributed by atoms with Gasteiger partial charge in [-0.2, -0.15) is 0 Å². The van der Waals surface area contributed by atoms with Crippen LogP contribution in [-0.4, -0.2) is 70.0 Å². The van der Waals surface area contributed by atoms with Gasteiger partial charge in [-0.05, 0) is 51.4 Å². The third-order valence-electron chi connectivity index (χ3n) is 8.30. The number of phosphoric acid groups is 1. The summed E-state index contributed by atoms with van der Waals surface area (Å²) in [5.41, 5.74) is 0. The Balaban J connectivity index is 4.52. The van der Waals surface area contributed by atoms with Gasteiger partial charge in [0.25, 0.3) is 7.82 Å². The Labute approximate surface area is 324 Å². The molecule has 0 aromatic carbocycles. The lowest BCUT2D eigenvalue weighted by molar-refractivity contribution is -0.870. The normalized spacial score (nSPS) is 14.3. The van der Waals surface area contributed by atoms with Crippen LogP contribution >= 0.6 is 7.82 Å². The summed E-state index contributed by atoms with van der Waals surface area (Å²) < 4.78 is 33.7. The summed E-state index contributed by atoms with van der Waals surface area (Å²) in [7, 11) is 1.12. The molecule has 0 rings (SSSR count). The van der Waals surface area contributed by atoms with Crippen LogP contribution in [0.2, 0.25) is 0 Å². The molecule has 0 fully saturated rings. The number of quaternary nitrogens is 1. The van der Waals surface area contributed by atoms with Crippen LogP contribution in [0.1, 0.15) is 149 Å². The zero-order valence-electron chi connectivity index (χ0n) is 34.2. The minimum atomic E-state index is -4.64. The van der Waals surface area contributed by atoms with Crippen LogP contribution in [0.5, 0.6) is 0 Å².